The zero-order chi connectivity index (χ0) is 17.1. The first-order chi connectivity index (χ1) is 10.9. The third-order valence-corrected chi connectivity index (χ3v) is 4.70. The molecule has 2 atom stereocenters. The Morgan fingerprint density at radius 2 is 2.09 bits per heavy atom. The summed E-state index contributed by atoms with van der Waals surface area (Å²) in [5.41, 5.74) is 0.171. The van der Waals surface area contributed by atoms with Gasteiger partial charge in [-0.3, -0.25) is 14.9 Å². The van der Waals surface area contributed by atoms with Crippen LogP contribution in [0.15, 0.2) is 18.2 Å². The monoisotopic (exact) mass is 320 g/mol. The van der Waals surface area contributed by atoms with Crippen LogP contribution in [0.4, 0.5) is 5.69 Å². The van der Waals surface area contributed by atoms with Gasteiger partial charge in [0.1, 0.15) is 0 Å². The van der Waals surface area contributed by atoms with E-state index in [0.717, 1.165) is 19.3 Å². The molecule has 2 rings (SSSR count). The lowest BCUT2D eigenvalue weighted by molar-refractivity contribution is -0.385. The maximum atomic E-state index is 12.9. The number of amides is 1. The summed E-state index contributed by atoms with van der Waals surface area (Å²) in [6.45, 7) is 6.29. The quantitative estimate of drug-likeness (QED) is 0.568. The number of carbonyl (C=O) groups is 1. The van der Waals surface area contributed by atoms with Crippen molar-refractivity contribution in [3.05, 3.63) is 33.9 Å². The fourth-order valence-electron chi connectivity index (χ4n) is 2.77. The fourth-order valence-corrected chi connectivity index (χ4v) is 2.77. The summed E-state index contributed by atoms with van der Waals surface area (Å²) in [7, 11) is 1.38. The van der Waals surface area contributed by atoms with Gasteiger partial charge in [-0.2, -0.15) is 0 Å². The molecule has 0 spiro atoms. The van der Waals surface area contributed by atoms with Crippen LogP contribution in [0.5, 0.6) is 5.75 Å². The van der Waals surface area contributed by atoms with Crippen molar-refractivity contribution < 1.29 is 14.5 Å². The molecule has 0 aromatic heterocycles. The first-order valence-corrected chi connectivity index (χ1v) is 8.05. The molecule has 126 valence electrons. The normalized spacial score (nSPS) is 16.5. The molecular weight excluding hydrogens is 296 g/mol. The minimum absolute atomic E-state index is 0.112. The third kappa shape index (κ3) is 3.63. The van der Waals surface area contributed by atoms with Crippen molar-refractivity contribution in [2.75, 3.05) is 7.11 Å². The number of nitro benzene ring substituents is 1. The second-order valence-electron chi connectivity index (χ2n) is 6.21. The minimum atomic E-state index is -0.519. The van der Waals surface area contributed by atoms with E-state index in [1.54, 1.807) is 6.07 Å². The molecule has 1 saturated carbocycles. The van der Waals surface area contributed by atoms with E-state index in [2.05, 4.69) is 20.8 Å². The van der Waals surface area contributed by atoms with Crippen molar-refractivity contribution in [3.8, 4) is 5.75 Å². The van der Waals surface area contributed by atoms with Crippen LogP contribution < -0.4 is 4.74 Å². The van der Waals surface area contributed by atoms with Crippen LogP contribution in [0.25, 0.3) is 0 Å². The largest absolute Gasteiger partial charge is 0.490 e. The smallest absolute Gasteiger partial charge is 0.311 e. The van der Waals surface area contributed by atoms with Crippen molar-refractivity contribution in [2.24, 2.45) is 5.92 Å². The van der Waals surface area contributed by atoms with E-state index in [0.29, 0.717) is 11.5 Å². The van der Waals surface area contributed by atoms with Crippen LogP contribution in [0.3, 0.4) is 0 Å². The maximum Gasteiger partial charge on any atom is 0.311 e. The molecule has 6 heteroatoms. The molecule has 1 fully saturated rings. The third-order valence-electron chi connectivity index (χ3n) is 4.70. The van der Waals surface area contributed by atoms with Gasteiger partial charge < -0.3 is 9.64 Å². The van der Waals surface area contributed by atoms with Crippen molar-refractivity contribution >= 4 is 11.6 Å². The van der Waals surface area contributed by atoms with Gasteiger partial charge in [-0.05, 0) is 37.8 Å². The predicted octanol–water partition coefficient (Wildman–Crippen LogP) is 3.64. The zero-order valence-electron chi connectivity index (χ0n) is 14.1. The lowest BCUT2D eigenvalue weighted by Gasteiger charge is -2.33. The van der Waals surface area contributed by atoms with Crippen molar-refractivity contribution in [2.45, 2.75) is 52.1 Å². The summed E-state index contributed by atoms with van der Waals surface area (Å²) in [5, 5.41) is 11.2. The molecule has 1 aliphatic carbocycles. The molecule has 6 nitrogen and oxygen atoms in total. The molecule has 1 aromatic carbocycles. The number of hydrogen-bond acceptors (Lipinski definition) is 4. The second-order valence-corrected chi connectivity index (χ2v) is 6.21. The van der Waals surface area contributed by atoms with Crippen LogP contribution in [-0.2, 0) is 0 Å². The summed E-state index contributed by atoms with van der Waals surface area (Å²) >= 11 is 0. The Morgan fingerprint density at radius 1 is 1.43 bits per heavy atom. The lowest BCUT2D eigenvalue weighted by atomic mass is 9.98. The highest BCUT2D eigenvalue weighted by Gasteiger charge is 2.38. The van der Waals surface area contributed by atoms with E-state index in [-0.39, 0.29) is 29.4 Å². The van der Waals surface area contributed by atoms with Gasteiger partial charge in [0.25, 0.3) is 5.91 Å². The predicted molar refractivity (Wildman–Crippen MR) is 87.8 cm³/mol. The van der Waals surface area contributed by atoms with Gasteiger partial charge >= 0.3 is 5.69 Å². The number of carbonyl (C=O) groups excluding carboxylic acids is 1. The van der Waals surface area contributed by atoms with Crippen LogP contribution in [0, 0.1) is 16.0 Å². The molecule has 0 aliphatic heterocycles. The molecule has 1 aromatic rings. The van der Waals surface area contributed by atoms with Gasteiger partial charge in [-0.25, -0.2) is 0 Å². The van der Waals surface area contributed by atoms with Gasteiger partial charge in [-0.15, -0.1) is 0 Å². The number of methoxy groups -OCH3 is 1. The Morgan fingerprint density at radius 3 is 2.57 bits per heavy atom. The Balaban J connectivity index is 2.33. The number of rotatable bonds is 7. The molecule has 23 heavy (non-hydrogen) atoms. The van der Waals surface area contributed by atoms with Gasteiger partial charge in [0.15, 0.2) is 5.75 Å². The molecule has 1 amide bonds. The van der Waals surface area contributed by atoms with Gasteiger partial charge in [0.05, 0.1) is 12.0 Å². The van der Waals surface area contributed by atoms with Crippen molar-refractivity contribution in [3.63, 3.8) is 0 Å². The number of hydrogen-bond donors (Lipinski definition) is 0. The molecular formula is C17H24N2O4. The number of nitrogens with zero attached hydrogens (tertiary/aromatic N) is 2. The summed E-state index contributed by atoms with van der Waals surface area (Å²) < 4.78 is 5.00. The number of ether oxygens (including phenoxy) is 1. The van der Waals surface area contributed by atoms with E-state index in [4.69, 9.17) is 4.74 Å². The van der Waals surface area contributed by atoms with Crippen molar-refractivity contribution in [1.29, 1.82) is 0 Å². The van der Waals surface area contributed by atoms with Gasteiger partial charge in [-0.1, -0.05) is 20.3 Å². The highest BCUT2D eigenvalue weighted by molar-refractivity contribution is 5.95. The molecule has 0 saturated heterocycles. The van der Waals surface area contributed by atoms with Crippen LogP contribution >= 0.6 is 0 Å². The topological polar surface area (TPSA) is 72.7 Å². The molecule has 0 radical (unpaired) electrons. The van der Waals surface area contributed by atoms with E-state index in [9.17, 15) is 14.9 Å². The Labute approximate surface area is 136 Å². The van der Waals surface area contributed by atoms with Gasteiger partial charge in [0, 0.05) is 23.7 Å². The summed E-state index contributed by atoms with van der Waals surface area (Å²) in [6, 6.07) is 4.78. The minimum Gasteiger partial charge on any atom is -0.490 e. The van der Waals surface area contributed by atoms with Crippen molar-refractivity contribution in [1.82, 2.24) is 4.90 Å². The SMILES string of the molecule is CCC(C)C(C)N(C(=O)c1ccc(OC)c([N+](=O)[O-])c1)C1CC1. The summed E-state index contributed by atoms with van der Waals surface area (Å²) in [4.78, 5) is 25.5. The Bertz CT molecular complexity index is 598. The average molecular weight is 320 g/mol. The Kier molecular flexibility index (Phi) is 5.23. The summed E-state index contributed by atoms with van der Waals surface area (Å²) in [5.74, 6) is 0.415. The standard InChI is InChI=1S/C17H24N2O4/c1-5-11(2)12(3)18(14-7-8-14)17(20)13-6-9-16(23-4)15(10-13)19(21)22/h6,9-12,14H,5,7-8H2,1-4H3. The number of benzene rings is 1. The molecule has 2 unspecified atom stereocenters. The maximum absolute atomic E-state index is 12.9. The second kappa shape index (κ2) is 6.98. The fraction of sp³-hybridized carbons (Fsp3) is 0.588. The van der Waals surface area contributed by atoms with E-state index < -0.39 is 4.92 Å². The van der Waals surface area contributed by atoms with Crippen LogP contribution in [-0.4, -0.2) is 34.9 Å². The number of nitro groups is 1. The molecule has 1 aliphatic rings. The first kappa shape index (κ1) is 17.2. The van der Waals surface area contributed by atoms with Crippen LogP contribution in [0.1, 0.15) is 50.4 Å². The zero-order valence-corrected chi connectivity index (χ0v) is 14.1. The van der Waals surface area contributed by atoms with E-state index in [1.165, 1.54) is 19.2 Å². The summed E-state index contributed by atoms with van der Waals surface area (Å²) in [6.07, 6.45) is 3.00. The van der Waals surface area contributed by atoms with Gasteiger partial charge in [0.2, 0.25) is 0 Å². The van der Waals surface area contributed by atoms with E-state index in [1.807, 2.05) is 4.90 Å². The highest BCUT2D eigenvalue weighted by atomic mass is 16.6. The van der Waals surface area contributed by atoms with Crippen LogP contribution in [0.2, 0.25) is 0 Å². The first-order valence-electron chi connectivity index (χ1n) is 8.05. The average Bonchev–Trinajstić information content (AvgIpc) is 3.37. The highest BCUT2D eigenvalue weighted by Crippen LogP contribution is 2.34. The Hall–Kier alpha value is -2.11. The lowest BCUT2D eigenvalue weighted by Crippen LogP contribution is -2.43. The molecule has 0 bridgehead atoms. The molecule has 0 N–H and O–H groups in total. The molecule has 0 heterocycles. The van der Waals surface area contributed by atoms with E-state index >= 15 is 0 Å².